The van der Waals surface area contributed by atoms with Crippen molar-refractivity contribution >= 4 is 21.8 Å². The Kier molecular flexibility index (Phi) is 6.20. The summed E-state index contributed by atoms with van der Waals surface area (Å²) < 4.78 is 2.37. The predicted octanol–water partition coefficient (Wildman–Crippen LogP) is 11.7. The molecule has 2 aromatic heterocycles. The first-order chi connectivity index (χ1) is 26.2. The molecule has 0 N–H and O–H groups in total. The fourth-order valence-corrected chi connectivity index (χ4v) is 11.6. The average molecular weight is 683 g/mol. The van der Waals surface area contributed by atoms with E-state index in [1.807, 2.05) is 6.07 Å². The molecule has 8 aromatic rings. The van der Waals surface area contributed by atoms with E-state index in [1.165, 1.54) is 76.2 Å². The van der Waals surface area contributed by atoms with Gasteiger partial charge in [-0.25, -0.2) is 4.98 Å². The van der Waals surface area contributed by atoms with Gasteiger partial charge in [0.1, 0.15) is 0 Å². The van der Waals surface area contributed by atoms with E-state index in [4.69, 9.17) is 15.0 Å². The predicted molar refractivity (Wildman–Crippen MR) is 214 cm³/mol. The first-order valence-corrected chi connectivity index (χ1v) is 19.4. The smallest absolute Gasteiger partial charge is 0.238 e. The van der Waals surface area contributed by atoms with Crippen LogP contribution in [0.2, 0.25) is 0 Å². The van der Waals surface area contributed by atoms with E-state index >= 15 is 0 Å². The number of hydrogen-bond donors (Lipinski definition) is 0. The number of para-hydroxylation sites is 1. The molecule has 0 radical (unpaired) electrons. The van der Waals surface area contributed by atoms with Crippen molar-refractivity contribution < 1.29 is 0 Å². The summed E-state index contributed by atoms with van der Waals surface area (Å²) >= 11 is 0. The SMILES string of the molecule is c1ccc(-c2ccc(-c3nc(-c4ccccc4)nc(-n4c5ccccc5c5ccc6c(c54)-c4ccccc4C64C5CC6CC(C5)CC4C6)n3)cc2)cc1. The van der Waals surface area contributed by atoms with E-state index in [-0.39, 0.29) is 5.41 Å². The zero-order valence-electron chi connectivity index (χ0n) is 29.5. The minimum Gasteiger partial charge on any atom is -0.277 e. The molecule has 5 aliphatic rings. The lowest BCUT2D eigenvalue weighted by molar-refractivity contribution is -0.0399. The molecular formula is C49H38N4. The molecule has 4 bridgehead atoms. The Balaban J connectivity index is 1.13. The molecule has 0 atom stereocenters. The van der Waals surface area contributed by atoms with E-state index in [0.717, 1.165) is 28.5 Å². The first kappa shape index (κ1) is 29.7. The van der Waals surface area contributed by atoms with Crippen LogP contribution >= 0.6 is 0 Å². The number of rotatable bonds is 4. The van der Waals surface area contributed by atoms with Gasteiger partial charge in [-0.1, -0.05) is 140 Å². The lowest BCUT2D eigenvalue weighted by Crippen LogP contribution is -2.55. The molecule has 0 amide bonds. The molecule has 53 heavy (non-hydrogen) atoms. The molecule has 254 valence electrons. The monoisotopic (exact) mass is 682 g/mol. The highest BCUT2D eigenvalue weighted by Crippen LogP contribution is 2.70. The highest BCUT2D eigenvalue weighted by atomic mass is 15.2. The summed E-state index contributed by atoms with van der Waals surface area (Å²) in [5.41, 5.74) is 12.6. The lowest BCUT2D eigenvalue weighted by Gasteiger charge is -2.61. The van der Waals surface area contributed by atoms with Gasteiger partial charge in [0.15, 0.2) is 11.6 Å². The van der Waals surface area contributed by atoms with Crippen molar-refractivity contribution in [1.82, 2.24) is 19.5 Å². The molecule has 6 aromatic carbocycles. The van der Waals surface area contributed by atoms with Crippen LogP contribution in [0.5, 0.6) is 0 Å². The number of benzene rings is 6. The second kappa shape index (κ2) is 11.1. The topological polar surface area (TPSA) is 43.6 Å². The fourth-order valence-electron chi connectivity index (χ4n) is 11.6. The van der Waals surface area contributed by atoms with Crippen LogP contribution in [0.3, 0.4) is 0 Å². The Hall–Kier alpha value is -5.87. The van der Waals surface area contributed by atoms with E-state index in [0.29, 0.717) is 29.4 Å². The molecule has 5 aliphatic carbocycles. The number of fused-ring (bicyclic) bond motifs is 7. The normalized spacial score (nSPS) is 23.5. The van der Waals surface area contributed by atoms with E-state index in [9.17, 15) is 0 Å². The molecule has 13 rings (SSSR count). The van der Waals surface area contributed by atoms with Gasteiger partial charge >= 0.3 is 0 Å². The van der Waals surface area contributed by atoms with Gasteiger partial charge in [0.05, 0.1) is 11.0 Å². The Bertz CT molecular complexity index is 2700. The minimum atomic E-state index is 0.0782. The zero-order chi connectivity index (χ0) is 34.7. The third kappa shape index (κ3) is 4.15. The molecule has 1 spiro atoms. The standard InChI is InChI=1S/C49H38N4/c1-3-11-32(12-4-1)33-19-21-35(22-20-33)47-50-46(34-13-5-2-6-14-34)51-48(52-47)53-43-18-10-8-15-38(43)39-23-24-42-44(45(39)53)40-16-7-9-17-41(40)49(42)36-26-30-25-31(28-36)29-37(49)27-30/h1-24,30-31,36-37H,25-29H2. The summed E-state index contributed by atoms with van der Waals surface area (Å²) in [7, 11) is 0. The van der Waals surface area contributed by atoms with Gasteiger partial charge in [0.2, 0.25) is 5.95 Å². The molecule has 0 saturated heterocycles. The van der Waals surface area contributed by atoms with Gasteiger partial charge in [-0.15, -0.1) is 0 Å². The van der Waals surface area contributed by atoms with Crippen molar-refractivity contribution in [3.63, 3.8) is 0 Å². The van der Waals surface area contributed by atoms with Gasteiger partial charge < -0.3 is 0 Å². The van der Waals surface area contributed by atoms with Crippen LogP contribution in [-0.2, 0) is 5.41 Å². The van der Waals surface area contributed by atoms with Crippen molar-refractivity contribution in [3.05, 3.63) is 157 Å². The van der Waals surface area contributed by atoms with Gasteiger partial charge in [0.25, 0.3) is 0 Å². The molecule has 0 aliphatic heterocycles. The summed E-state index contributed by atoms with van der Waals surface area (Å²) in [6.07, 6.45) is 6.90. The maximum atomic E-state index is 5.37. The van der Waals surface area contributed by atoms with Gasteiger partial charge in [0, 0.05) is 32.9 Å². The quantitative estimate of drug-likeness (QED) is 0.186. The second-order valence-corrected chi connectivity index (χ2v) is 16.0. The Labute approximate surface area is 309 Å². The Morgan fingerprint density at radius 1 is 0.453 bits per heavy atom. The third-order valence-corrected chi connectivity index (χ3v) is 13.5. The van der Waals surface area contributed by atoms with Crippen molar-refractivity contribution in [2.45, 2.75) is 37.5 Å². The Morgan fingerprint density at radius 2 is 1.02 bits per heavy atom. The van der Waals surface area contributed by atoms with Crippen LogP contribution in [0.1, 0.15) is 43.2 Å². The van der Waals surface area contributed by atoms with Gasteiger partial charge in [-0.2, -0.15) is 9.97 Å². The highest BCUT2D eigenvalue weighted by molar-refractivity contribution is 6.15. The van der Waals surface area contributed by atoms with Crippen LogP contribution < -0.4 is 0 Å². The number of nitrogens with zero attached hydrogens (tertiary/aromatic N) is 4. The van der Waals surface area contributed by atoms with Crippen LogP contribution in [-0.4, -0.2) is 19.5 Å². The number of hydrogen-bond acceptors (Lipinski definition) is 3. The van der Waals surface area contributed by atoms with Crippen LogP contribution in [0.15, 0.2) is 146 Å². The molecule has 2 heterocycles. The van der Waals surface area contributed by atoms with Crippen molar-refractivity contribution in [2.75, 3.05) is 0 Å². The molecule has 4 fully saturated rings. The molecule has 0 unspecified atom stereocenters. The van der Waals surface area contributed by atoms with E-state index < -0.39 is 0 Å². The van der Waals surface area contributed by atoms with Crippen LogP contribution in [0, 0.1) is 23.7 Å². The maximum absolute atomic E-state index is 5.37. The van der Waals surface area contributed by atoms with Crippen LogP contribution in [0.25, 0.3) is 72.8 Å². The summed E-state index contributed by atoms with van der Waals surface area (Å²) in [6, 6.07) is 52.7. The second-order valence-electron chi connectivity index (χ2n) is 16.0. The molecular weight excluding hydrogens is 645 g/mol. The van der Waals surface area contributed by atoms with Gasteiger partial charge in [-0.05, 0) is 89.7 Å². The summed E-state index contributed by atoms with van der Waals surface area (Å²) in [5, 5.41) is 2.48. The summed E-state index contributed by atoms with van der Waals surface area (Å²) in [5.74, 6) is 5.20. The molecule has 4 saturated carbocycles. The van der Waals surface area contributed by atoms with Crippen molar-refractivity contribution in [1.29, 1.82) is 0 Å². The zero-order valence-corrected chi connectivity index (χ0v) is 29.5. The van der Waals surface area contributed by atoms with Crippen LogP contribution in [0.4, 0.5) is 0 Å². The highest BCUT2D eigenvalue weighted by Gasteiger charge is 2.61. The molecule has 4 nitrogen and oxygen atoms in total. The fraction of sp³-hybridized carbons (Fsp3) is 0.204. The van der Waals surface area contributed by atoms with Gasteiger partial charge in [-0.3, -0.25) is 4.57 Å². The lowest BCUT2D eigenvalue weighted by atomic mass is 9.43. The third-order valence-electron chi connectivity index (χ3n) is 13.5. The summed E-state index contributed by atoms with van der Waals surface area (Å²) in [6.45, 7) is 0. The maximum Gasteiger partial charge on any atom is 0.238 e. The molecule has 4 heteroatoms. The summed E-state index contributed by atoms with van der Waals surface area (Å²) in [4.78, 5) is 15.8. The minimum absolute atomic E-state index is 0.0782. The van der Waals surface area contributed by atoms with Crippen molar-refractivity contribution in [2.24, 2.45) is 23.7 Å². The van der Waals surface area contributed by atoms with Crippen molar-refractivity contribution in [3.8, 4) is 51.0 Å². The largest absolute Gasteiger partial charge is 0.277 e. The van der Waals surface area contributed by atoms with E-state index in [1.54, 1.807) is 5.56 Å². The van der Waals surface area contributed by atoms with E-state index in [2.05, 4.69) is 144 Å². The number of aromatic nitrogens is 4. The first-order valence-electron chi connectivity index (χ1n) is 19.4. The average Bonchev–Trinajstić information content (AvgIpc) is 3.71. The Morgan fingerprint density at radius 3 is 1.74 bits per heavy atom.